The lowest BCUT2D eigenvalue weighted by Crippen LogP contribution is -2.01. The monoisotopic (exact) mass is 276 g/mol. The average Bonchev–Trinajstić information content (AvgIpc) is 3.20. The Morgan fingerprint density at radius 1 is 1.21 bits per heavy atom. The smallest absolute Gasteiger partial charge is 0.136 e. The Morgan fingerprint density at radius 3 is 2.63 bits per heavy atom. The number of nitrogens with zero attached hydrogens (tertiary/aromatic N) is 2. The third kappa shape index (κ3) is 2.35. The van der Waals surface area contributed by atoms with E-state index in [2.05, 4.69) is 9.97 Å². The van der Waals surface area contributed by atoms with E-state index in [1.165, 1.54) is 6.07 Å². The van der Waals surface area contributed by atoms with Crippen LogP contribution in [0.25, 0.3) is 11.3 Å². The van der Waals surface area contributed by atoms with Crippen molar-refractivity contribution in [3.05, 3.63) is 46.1 Å². The number of hydrogen-bond acceptors (Lipinski definition) is 2. The van der Waals surface area contributed by atoms with Crippen LogP contribution in [-0.2, 0) is 0 Å². The molecule has 0 amide bonds. The fourth-order valence-corrected chi connectivity index (χ4v) is 2.29. The molecule has 19 heavy (non-hydrogen) atoms. The zero-order valence-corrected chi connectivity index (χ0v) is 11.6. The molecule has 1 aromatic carbocycles. The van der Waals surface area contributed by atoms with E-state index in [0.29, 0.717) is 22.3 Å². The molecule has 0 radical (unpaired) electrons. The summed E-state index contributed by atoms with van der Waals surface area (Å²) in [6, 6.07) is 5.02. The van der Waals surface area contributed by atoms with Gasteiger partial charge in [0.2, 0.25) is 0 Å². The molecule has 4 heteroatoms. The van der Waals surface area contributed by atoms with E-state index in [9.17, 15) is 4.39 Å². The Bertz CT molecular complexity index is 651. The first-order valence-electron chi connectivity index (χ1n) is 6.37. The van der Waals surface area contributed by atoms with Crippen molar-refractivity contribution < 1.29 is 4.39 Å². The van der Waals surface area contributed by atoms with Crippen molar-refractivity contribution in [3.8, 4) is 11.3 Å². The molecule has 0 spiro atoms. The summed E-state index contributed by atoms with van der Waals surface area (Å²) in [6.45, 7) is 3.76. The Morgan fingerprint density at radius 2 is 1.95 bits per heavy atom. The summed E-state index contributed by atoms with van der Waals surface area (Å²) in [5.74, 6) is 0.862. The maximum absolute atomic E-state index is 14.0. The lowest BCUT2D eigenvalue weighted by molar-refractivity contribution is 0.630. The normalized spacial score (nSPS) is 14.7. The van der Waals surface area contributed by atoms with Gasteiger partial charge in [0.15, 0.2) is 0 Å². The third-order valence-electron chi connectivity index (χ3n) is 3.42. The Labute approximate surface area is 116 Å². The highest BCUT2D eigenvalue weighted by Crippen LogP contribution is 2.40. The minimum Gasteiger partial charge on any atom is -0.232 e. The molecular weight excluding hydrogens is 263 g/mol. The van der Waals surface area contributed by atoms with Crippen molar-refractivity contribution in [2.75, 3.05) is 0 Å². The molecule has 3 rings (SSSR count). The summed E-state index contributed by atoms with van der Waals surface area (Å²) in [5, 5.41) is 0.424. The number of hydrogen-bond donors (Lipinski definition) is 0. The molecule has 1 heterocycles. The topological polar surface area (TPSA) is 25.8 Å². The summed E-state index contributed by atoms with van der Waals surface area (Å²) >= 11 is 6.16. The Kier molecular flexibility index (Phi) is 3.02. The summed E-state index contributed by atoms with van der Waals surface area (Å²) in [5.41, 5.74) is 2.85. The van der Waals surface area contributed by atoms with Gasteiger partial charge in [-0.3, -0.25) is 0 Å². The van der Waals surface area contributed by atoms with Crippen LogP contribution in [0.3, 0.4) is 0 Å². The largest absolute Gasteiger partial charge is 0.232 e. The number of benzene rings is 1. The molecule has 0 saturated heterocycles. The fourth-order valence-electron chi connectivity index (χ4n) is 2.11. The second-order valence-corrected chi connectivity index (χ2v) is 5.46. The van der Waals surface area contributed by atoms with Crippen molar-refractivity contribution in [1.82, 2.24) is 9.97 Å². The minimum atomic E-state index is -0.273. The molecule has 1 saturated carbocycles. The van der Waals surface area contributed by atoms with Gasteiger partial charge in [0.25, 0.3) is 0 Å². The van der Waals surface area contributed by atoms with Gasteiger partial charge in [-0.05, 0) is 38.8 Å². The van der Waals surface area contributed by atoms with Gasteiger partial charge < -0.3 is 0 Å². The van der Waals surface area contributed by atoms with Crippen molar-refractivity contribution in [1.29, 1.82) is 0 Å². The van der Waals surface area contributed by atoms with Crippen molar-refractivity contribution in [3.63, 3.8) is 0 Å². The van der Waals surface area contributed by atoms with Crippen LogP contribution in [0.2, 0.25) is 5.15 Å². The van der Waals surface area contributed by atoms with Gasteiger partial charge in [-0.15, -0.1) is 0 Å². The predicted octanol–water partition coefficient (Wildman–Crippen LogP) is 4.43. The van der Waals surface area contributed by atoms with E-state index in [0.717, 1.165) is 29.8 Å². The van der Waals surface area contributed by atoms with Gasteiger partial charge in [-0.25, -0.2) is 14.4 Å². The summed E-state index contributed by atoms with van der Waals surface area (Å²) in [7, 11) is 0. The molecule has 1 aromatic heterocycles. The van der Waals surface area contributed by atoms with Crippen LogP contribution in [0.5, 0.6) is 0 Å². The molecule has 0 bridgehead atoms. The van der Waals surface area contributed by atoms with Crippen LogP contribution in [0.4, 0.5) is 4.39 Å². The molecule has 2 aromatic rings. The van der Waals surface area contributed by atoms with Gasteiger partial charge in [-0.1, -0.05) is 23.2 Å². The Balaban J connectivity index is 2.20. The lowest BCUT2D eigenvalue weighted by Gasteiger charge is -2.10. The van der Waals surface area contributed by atoms with Crippen molar-refractivity contribution in [2.45, 2.75) is 32.6 Å². The van der Waals surface area contributed by atoms with Crippen molar-refractivity contribution >= 4 is 11.6 Å². The Hall–Kier alpha value is -1.48. The lowest BCUT2D eigenvalue weighted by atomic mass is 10.0. The molecule has 1 fully saturated rings. The standard InChI is InChI=1S/C15H14ClFN2/c1-8-3-6-12(17)11(7-8)13-9(2)14(16)19-15(18-13)10-4-5-10/h3,6-7,10H,4-5H2,1-2H3. The zero-order valence-electron chi connectivity index (χ0n) is 10.9. The molecule has 0 N–H and O–H groups in total. The molecule has 1 aliphatic carbocycles. The van der Waals surface area contributed by atoms with E-state index in [4.69, 9.17) is 11.6 Å². The highest BCUT2D eigenvalue weighted by molar-refractivity contribution is 6.30. The van der Waals surface area contributed by atoms with E-state index < -0.39 is 0 Å². The van der Waals surface area contributed by atoms with Gasteiger partial charge in [-0.2, -0.15) is 0 Å². The van der Waals surface area contributed by atoms with Crippen LogP contribution in [0.15, 0.2) is 18.2 Å². The van der Waals surface area contributed by atoms with E-state index in [1.54, 1.807) is 12.1 Å². The highest BCUT2D eigenvalue weighted by Gasteiger charge is 2.28. The quantitative estimate of drug-likeness (QED) is 0.758. The van der Waals surface area contributed by atoms with Gasteiger partial charge >= 0.3 is 0 Å². The summed E-state index contributed by atoms with van der Waals surface area (Å²) in [4.78, 5) is 8.84. The maximum Gasteiger partial charge on any atom is 0.136 e. The molecule has 0 unspecified atom stereocenters. The van der Waals surface area contributed by atoms with Gasteiger partial charge in [0, 0.05) is 17.0 Å². The minimum absolute atomic E-state index is 0.273. The zero-order chi connectivity index (χ0) is 13.6. The third-order valence-corrected chi connectivity index (χ3v) is 3.79. The predicted molar refractivity (Wildman–Crippen MR) is 73.9 cm³/mol. The number of halogens is 2. The number of rotatable bonds is 2. The van der Waals surface area contributed by atoms with Crippen LogP contribution >= 0.6 is 11.6 Å². The summed E-state index contributed by atoms with van der Waals surface area (Å²) in [6.07, 6.45) is 2.18. The SMILES string of the molecule is Cc1ccc(F)c(-c2nc(C3CC3)nc(Cl)c2C)c1. The summed E-state index contributed by atoms with van der Waals surface area (Å²) < 4.78 is 14.0. The first-order chi connectivity index (χ1) is 9.06. The molecular formula is C15H14ClFN2. The molecule has 2 nitrogen and oxygen atoms in total. The van der Waals surface area contributed by atoms with Crippen LogP contribution in [0, 0.1) is 19.7 Å². The van der Waals surface area contributed by atoms with E-state index >= 15 is 0 Å². The molecule has 98 valence electrons. The number of aryl methyl sites for hydroxylation is 1. The second-order valence-electron chi connectivity index (χ2n) is 5.10. The first-order valence-corrected chi connectivity index (χ1v) is 6.74. The average molecular weight is 277 g/mol. The van der Waals surface area contributed by atoms with Gasteiger partial charge in [0.05, 0.1) is 5.69 Å². The highest BCUT2D eigenvalue weighted by atomic mass is 35.5. The maximum atomic E-state index is 14.0. The van der Waals surface area contributed by atoms with Crippen LogP contribution in [-0.4, -0.2) is 9.97 Å². The van der Waals surface area contributed by atoms with E-state index in [-0.39, 0.29) is 5.82 Å². The fraction of sp³-hybridized carbons (Fsp3) is 0.333. The molecule has 1 aliphatic rings. The van der Waals surface area contributed by atoms with Crippen molar-refractivity contribution in [2.24, 2.45) is 0 Å². The second kappa shape index (κ2) is 4.57. The van der Waals surface area contributed by atoms with Crippen LogP contribution < -0.4 is 0 Å². The molecule has 0 aliphatic heterocycles. The molecule has 0 atom stereocenters. The number of aromatic nitrogens is 2. The van der Waals surface area contributed by atoms with Gasteiger partial charge in [0.1, 0.15) is 16.8 Å². The van der Waals surface area contributed by atoms with Crippen LogP contribution in [0.1, 0.15) is 35.7 Å². The van der Waals surface area contributed by atoms with E-state index in [1.807, 2.05) is 13.8 Å². The first kappa shape index (κ1) is 12.5.